The van der Waals surface area contributed by atoms with E-state index in [0.29, 0.717) is 18.8 Å². The summed E-state index contributed by atoms with van der Waals surface area (Å²) in [6.45, 7) is 3.06. The molecular weight excluding hydrogens is 260 g/mol. The summed E-state index contributed by atoms with van der Waals surface area (Å²) in [6.07, 6.45) is 1.06. The molecule has 1 saturated heterocycles. The summed E-state index contributed by atoms with van der Waals surface area (Å²) in [4.78, 5) is 12.1. The van der Waals surface area contributed by atoms with E-state index in [2.05, 4.69) is 5.32 Å². The molecule has 1 unspecified atom stereocenters. The third-order valence-electron chi connectivity index (χ3n) is 3.48. The van der Waals surface area contributed by atoms with Gasteiger partial charge in [0.05, 0.1) is 18.2 Å². The summed E-state index contributed by atoms with van der Waals surface area (Å²) in [7, 11) is 0. The van der Waals surface area contributed by atoms with Crippen LogP contribution in [0.1, 0.15) is 18.9 Å². The van der Waals surface area contributed by atoms with Gasteiger partial charge in [-0.3, -0.25) is 4.79 Å². The van der Waals surface area contributed by atoms with Crippen molar-refractivity contribution >= 4 is 5.91 Å². The highest BCUT2D eigenvalue weighted by atomic mass is 16.5. The number of carbonyl (C=O) groups is 1. The van der Waals surface area contributed by atoms with E-state index in [0.717, 1.165) is 6.42 Å². The Morgan fingerprint density at radius 1 is 1.50 bits per heavy atom. The maximum Gasteiger partial charge on any atom is 0.237 e. The van der Waals surface area contributed by atoms with Crippen molar-refractivity contribution < 1.29 is 19.7 Å². The first kappa shape index (κ1) is 14.6. The van der Waals surface area contributed by atoms with Crippen LogP contribution in [0.2, 0.25) is 0 Å². The molecule has 2 atom stereocenters. The first-order valence-corrected chi connectivity index (χ1v) is 6.56. The van der Waals surface area contributed by atoms with Gasteiger partial charge in [-0.15, -0.1) is 0 Å². The van der Waals surface area contributed by atoms with Crippen molar-refractivity contribution in [2.75, 3.05) is 13.2 Å². The highest BCUT2D eigenvalue weighted by Gasteiger charge is 2.32. The van der Waals surface area contributed by atoms with E-state index >= 15 is 0 Å². The summed E-state index contributed by atoms with van der Waals surface area (Å²) < 4.78 is 5.27. The van der Waals surface area contributed by atoms with E-state index < -0.39 is 6.04 Å². The van der Waals surface area contributed by atoms with Crippen LogP contribution in [0.15, 0.2) is 18.2 Å². The Bertz CT molecular complexity index is 498. The average molecular weight is 280 g/mol. The molecule has 20 heavy (non-hydrogen) atoms. The monoisotopic (exact) mass is 280 g/mol. The summed E-state index contributed by atoms with van der Waals surface area (Å²) >= 11 is 0. The fraction of sp³-hybridized carbons (Fsp3) is 0.500. The van der Waals surface area contributed by atoms with E-state index in [9.17, 15) is 15.0 Å². The van der Waals surface area contributed by atoms with Gasteiger partial charge in [-0.2, -0.15) is 0 Å². The minimum absolute atomic E-state index is 0.192. The Hall–Kier alpha value is -1.79. The molecule has 1 heterocycles. The van der Waals surface area contributed by atoms with Gasteiger partial charge in [0, 0.05) is 6.61 Å². The second kappa shape index (κ2) is 5.68. The number of amides is 1. The first-order chi connectivity index (χ1) is 9.39. The molecule has 0 aliphatic carbocycles. The lowest BCUT2D eigenvalue weighted by atomic mass is 9.99. The van der Waals surface area contributed by atoms with Crippen LogP contribution in [0.5, 0.6) is 11.5 Å². The zero-order valence-corrected chi connectivity index (χ0v) is 11.4. The minimum atomic E-state index is -0.712. The molecular formula is C14H20N2O4. The van der Waals surface area contributed by atoms with Crippen LogP contribution in [0.3, 0.4) is 0 Å². The predicted molar refractivity (Wildman–Crippen MR) is 73.4 cm³/mol. The fourth-order valence-electron chi connectivity index (χ4n) is 2.20. The Balaban J connectivity index is 1.95. The fourth-order valence-corrected chi connectivity index (χ4v) is 2.20. The van der Waals surface area contributed by atoms with Crippen LogP contribution in [-0.4, -0.2) is 40.9 Å². The Kier molecular flexibility index (Phi) is 4.15. The summed E-state index contributed by atoms with van der Waals surface area (Å²) in [5, 5.41) is 21.6. The largest absolute Gasteiger partial charge is 0.504 e. The number of hydrogen-bond donors (Lipinski definition) is 4. The van der Waals surface area contributed by atoms with Crippen LogP contribution in [0, 0.1) is 0 Å². The van der Waals surface area contributed by atoms with E-state index in [1.807, 2.05) is 6.92 Å². The minimum Gasteiger partial charge on any atom is -0.504 e. The number of rotatable bonds is 4. The lowest BCUT2D eigenvalue weighted by Crippen LogP contribution is -2.53. The van der Waals surface area contributed by atoms with Crippen molar-refractivity contribution in [2.24, 2.45) is 5.73 Å². The maximum absolute atomic E-state index is 12.1. The lowest BCUT2D eigenvalue weighted by molar-refractivity contribution is -0.124. The molecule has 1 amide bonds. The molecule has 0 radical (unpaired) electrons. The summed E-state index contributed by atoms with van der Waals surface area (Å²) in [5.41, 5.74) is 6.21. The van der Waals surface area contributed by atoms with Crippen LogP contribution >= 0.6 is 0 Å². The molecule has 0 bridgehead atoms. The molecule has 1 fully saturated rings. The number of hydrogen-bond acceptors (Lipinski definition) is 5. The van der Waals surface area contributed by atoms with Crippen LogP contribution in [0.25, 0.3) is 0 Å². The van der Waals surface area contributed by atoms with Crippen molar-refractivity contribution in [3.05, 3.63) is 23.8 Å². The van der Waals surface area contributed by atoms with Crippen LogP contribution in [-0.2, 0) is 16.0 Å². The number of nitrogens with two attached hydrogens (primary N) is 1. The highest BCUT2D eigenvalue weighted by Crippen LogP contribution is 2.25. The van der Waals surface area contributed by atoms with Gasteiger partial charge in [-0.25, -0.2) is 0 Å². The van der Waals surface area contributed by atoms with Gasteiger partial charge >= 0.3 is 0 Å². The SMILES string of the molecule is CC1(NC(=O)[C@@H](N)Cc2ccc(O)c(O)c2)CCOC1. The number of phenolic OH excluding ortho intramolecular Hbond substituents is 2. The van der Waals surface area contributed by atoms with E-state index in [-0.39, 0.29) is 29.4 Å². The molecule has 5 N–H and O–H groups in total. The number of benzene rings is 1. The highest BCUT2D eigenvalue weighted by molar-refractivity contribution is 5.82. The van der Waals surface area contributed by atoms with Crippen LogP contribution in [0.4, 0.5) is 0 Å². The second-order valence-corrected chi connectivity index (χ2v) is 5.49. The van der Waals surface area contributed by atoms with E-state index in [1.54, 1.807) is 6.07 Å². The molecule has 0 spiro atoms. The normalized spacial score (nSPS) is 23.5. The maximum atomic E-state index is 12.1. The van der Waals surface area contributed by atoms with Crippen molar-refractivity contribution in [1.29, 1.82) is 0 Å². The number of phenols is 2. The van der Waals surface area contributed by atoms with Gasteiger partial charge in [0.15, 0.2) is 11.5 Å². The second-order valence-electron chi connectivity index (χ2n) is 5.49. The topological polar surface area (TPSA) is 105 Å². The third-order valence-corrected chi connectivity index (χ3v) is 3.48. The molecule has 1 aliphatic heterocycles. The lowest BCUT2D eigenvalue weighted by Gasteiger charge is -2.25. The third kappa shape index (κ3) is 3.40. The molecule has 1 aromatic carbocycles. The van der Waals surface area contributed by atoms with Crippen molar-refractivity contribution in [2.45, 2.75) is 31.3 Å². The number of carbonyl (C=O) groups excluding carboxylic acids is 1. The van der Waals surface area contributed by atoms with Gasteiger partial charge in [0.2, 0.25) is 5.91 Å². The van der Waals surface area contributed by atoms with Gasteiger partial charge < -0.3 is 26.0 Å². The summed E-state index contributed by atoms with van der Waals surface area (Å²) in [5.74, 6) is -0.654. The van der Waals surface area contributed by atoms with Gasteiger partial charge in [0.25, 0.3) is 0 Å². The molecule has 0 aromatic heterocycles. The Labute approximate surface area is 117 Å². The number of ether oxygens (including phenoxy) is 1. The standard InChI is InChI=1S/C14H20N2O4/c1-14(4-5-20-8-14)16-13(19)10(15)6-9-2-3-11(17)12(18)7-9/h2-3,7,10,17-18H,4-6,8,15H2,1H3,(H,16,19)/t10-,14?/m0/s1. The van der Waals surface area contributed by atoms with Crippen molar-refractivity contribution in [3.8, 4) is 11.5 Å². The summed E-state index contributed by atoms with van der Waals surface area (Å²) in [6, 6.07) is 3.70. The molecule has 2 rings (SSSR count). The first-order valence-electron chi connectivity index (χ1n) is 6.56. The van der Waals surface area contributed by atoms with Gasteiger partial charge in [-0.05, 0) is 37.5 Å². The van der Waals surface area contributed by atoms with E-state index in [1.165, 1.54) is 12.1 Å². The average Bonchev–Trinajstić information content (AvgIpc) is 2.80. The predicted octanol–water partition coefficient (Wildman–Crippen LogP) is 0.263. The molecule has 0 saturated carbocycles. The molecule has 110 valence electrons. The van der Waals surface area contributed by atoms with Gasteiger partial charge in [-0.1, -0.05) is 6.07 Å². The smallest absolute Gasteiger partial charge is 0.237 e. The Morgan fingerprint density at radius 2 is 2.25 bits per heavy atom. The van der Waals surface area contributed by atoms with Crippen molar-refractivity contribution in [3.63, 3.8) is 0 Å². The molecule has 1 aromatic rings. The quantitative estimate of drug-likeness (QED) is 0.592. The Morgan fingerprint density at radius 3 is 2.85 bits per heavy atom. The van der Waals surface area contributed by atoms with Crippen molar-refractivity contribution in [1.82, 2.24) is 5.32 Å². The zero-order chi connectivity index (χ0) is 14.8. The molecule has 1 aliphatic rings. The van der Waals surface area contributed by atoms with Gasteiger partial charge in [0.1, 0.15) is 0 Å². The van der Waals surface area contributed by atoms with Crippen LogP contribution < -0.4 is 11.1 Å². The van der Waals surface area contributed by atoms with E-state index in [4.69, 9.17) is 10.5 Å². The number of nitrogens with one attached hydrogen (secondary N) is 1. The molecule has 6 heteroatoms. The zero-order valence-electron chi connectivity index (χ0n) is 11.4. The molecule has 6 nitrogen and oxygen atoms in total. The number of aromatic hydroxyl groups is 2.